The Morgan fingerprint density at radius 3 is 2.80 bits per heavy atom. The van der Waals surface area contributed by atoms with Gasteiger partial charge in [0.25, 0.3) is 0 Å². The fourth-order valence-corrected chi connectivity index (χ4v) is 3.62. The molecule has 0 unspecified atom stereocenters. The molecule has 2 rings (SSSR count). The van der Waals surface area contributed by atoms with Crippen LogP contribution in [-0.4, -0.2) is 22.4 Å². The largest absolute Gasteiger partial charge is 0.383 e. The zero-order valence-electron chi connectivity index (χ0n) is 8.95. The molecule has 3 N–H and O–H groups in total. The van der Waals surface area contributed by atoms with Crippen molar-refractivity contribution in [2.45, 2.75) is 19.8 Å². The number of hydrogen-bond donors (Lipinski definition) is 2. The highest BCUT2D eigenvalue weighted by atomic mass is 32.2. The van der Waals surface area contributed by atoms with Crippen LogP contribution in [0.5, 0.6) is 0 Å². The van der Waals surface area contributed by atoms with E-state index in [0.29, 0.717) is 5.82 Å². The van der Waals surface area contributed by atoms with Crippen molar-refractivity contribution >= 4 is 34.1 Å². The second kappa shape index (κ2) is 5.07. The first-order valence-corrected chi connectivity index (χ1v) is 7.23. The highest BCUT2D eigenvalue weighted by Gasteiger charge is 2.14. The van der Waals surface area contributed by atoms with E-state index in [1.807, 2.05) is 6.92 Å². The number of anilines is 2. The van der Waals surface area contributed by atoms with Crippen molar-refractivity contribution in [1.82, 2.24) is 4.37 Å². The average Bonchev–Trinajstić information content (AvgIpc) is 2.59. The lowest BCUT2D eigenvalue weighted by Crippen LogP contribution is -2.18. The minimum atomic E-state index is 0.668. The van der Waals surface area contributed by atoms with Gasteiger partial charge in [0, 0.05) is 12.1 Å². The smallest absolute Gasteiger partial charge is 0.142 e. The molecule has 0 aliphatic carbocycles. The first-order valence-electron chi connectivity index (χ1n) is 5.30. The molecule has 0 aromatic carbocycles. The van der Waals surface area contributed by atoms with Gasteiger partial charge < -0.3 is 11.1 Å². The highest BCUT2D eigenvalue weighted by Crippen LogP contribution is 2.27. The van der Waals surface area contributed by atoms with Gasteiger partial charge in [-0.1, -0.05) is 0 Å². The zero-order valence-corrected chi connectivity index (χ0v) is 10.6. The predicted molar refractivity (Wildman–Crippen MR) is 69.8 cm³/mol. The third-order valence-corrected chi connectivity index (χ3v) is 4.82. The van der Waals surface area contributed by atoms with E-state index < -0.39 is 0 Å². The average molecular weight is 243 g/mol. The second-order valence-electron chi connectivity index (χ2n) is 3.96. The molecule has 2 heterocycles. The van der Waals surface area contributed by atoms with Gasteiger partial charge in [0.1, 0.15) is 10.8 Å². The maximum Gasteiger partial charge on any atom is 0.142 e. The van der Waals surface area contributed by atoms with Gasteiger partial charge >= 0.3 is 0 Å². The molecule has 1 saturated heterocycles. The summed E-state index contributed by atoms with van der Waals surface area (Å²) in [5.41, 5.74) is 6.81. The number of aromatic nitrogens is 1. The number of nitrogen functional groups attached to an aromatic ring is 1. The summed E-state index contributed by atoms with van der Waals surface area (Å²) in [4.78, 5) is 0. The van der Waals surface area contributed by atoms with Gasteiger partial charge in [0.05, 0.1) is 0 Å². The van der Waals surface area contributed by atoms with E-state index in [2.05, 4.69) is 21.5 Å². The van der Waals surface area contributed by atoms with Crippen molar-refractivity contribution in [2.75, 3.05) is 29.1 Å². The number of nitrogens with one attached hydrogen (secondary N) is 1. The van der Waals surface area contributed by atoms with Crippen molar-refractivity contribution in [3.05, 3.63) is 5.56 Å². The molecule has 0 amide bonds. The van der Waals surface area contributed by atoms with Gasteiger partial charge in [-0.15, -0.1) is 0 Å². The van der Waals surface area contributed by atoms with Crippen LogP contribution in [0, 0.1) is 12.8 Å². The minimum Gasteiger partial charge on any atom is -0.383 e. The maximum atomic E-state index is 5.71. The molecule has 0 radical (unpaired) electrons. The molecule has 84 valence electrons. The van der Waals surface area contributed by atoms with E-state index in [1.54, 1.807) is 0 Å². The molecule has 0 saturated carbocycles. The van der Waals surface area contributed by atoms with Crippen molar-refractivity contribution in [3.63, 3.8) is 0 Å². The van der Waals surface area contributed by atoms with Gasteiger partial charge in [-0.2, -0.15) is 16.1 Å². The number of thioether (sulfide) groups is 1. The maximum absolute atomic E-state index is 5.71. The Balaban J connectivity index is 1.84. The normalized spacial score (nSPS) is 17.9. The molecule has 15 heavy (non-hydrogen) atoms. The third-order valence-electron chi connectivity index (χ3n) is 2.85. The lowest BCUT2D eigenvalue weighted by Gasteiger charge is -2.21. The monoisotopic (exact) mass is 243 g/mol. The van der Waals surface area contributed by atoms with Crippen molar-refractivity contribution in [2.24, 2.45) is 5.92 Å². The van der Waals surface area contributed by atoms with Gasteiger partial charge in [-0.05, 0) is 48.7 Å². The van der Waals surface area contributed by atoms with Crippen molar-refractivity contribution in [3.8, 4) is 0 Å². The van der Waals surface area contributed by atoms with Crippen molar-refractivity contribution in [1.29, 1.82) is 0 Å². The molecule has 0 spiro atoms. The SMILES string of the molecule is Cc1c(N)nsc1NCC1CCSCC1. The summed E-state index contributed by atoms with van der Waals surface area (Å²) in [6, 6.07) is 0. The van der Waals surface area contributed by atoms with E-state index in [4.69, 9.17) is 5.73 Å². The van der Waals surface area contributed by atoms with Gasteiger partial charge in [0.15, 0.2) is 0 Å². The molecule has 3 nitrogen and oxygen atoms in total. The summed E-state index contributed by atoms with van der Waals surface area (Å²) >= 11 is 3.54. The van der Waals surface area contributed by atoms with E-state index in [9.17, 15) is 0 Å². The highest BCUT2D eigenvalue weighted by molar-refractivity contribution is 7.99. The van der Waals surface area contributed by atoms with Crippen LogP contribution in [0.1, 0.15) is 18.4 Å². The fraction of sp³-hybridized carbons (Fsp3) is 0.700. The van der Waals surface area contributed by atoms with Gasteiger partial charge in [-0.3, -0.25) is 0 Å². The first kappa shape index (κ1) is 11.1. The second-order valence-corrected chi connectivity index (χ2v) is 5.96. The van der Waals surface area contributed by atoms with Crippen LogP contribution >= 0.6 is 23.3 Å². The Morgan fingerprint density at radius 1 is 1.47 bits per heavy atom. The number of hydrogen-bond acceptors (Lipinski definition) is 5. The third kappa shape index (κ3) is 2.78. The first-order chi connectivity index (χ1) is 7.27. The Bertz CT molecular complexity index is 318. The Labute approximate surface area is 99.0 Å². The molecule has 1 fully saturated rings. The number of rotatable bonds is 3. The van der Waals surface area contributed by atoms with Crippen LogP contribution in [0.2, 0.25) is 0 Å². The summed E-state index contributed by atoms with van der Waals surface area (Å²) in [6.45, 7) is 3.10. The molecular formula is C10H17N3S2. The quantitative estimate of drug-likeness (QED) is 0.857. The molecular weight excluding hydrogens is 226 g/mol. The Kier molecular flexibility index (Phi) is 3.75. The summed E-state index contributed by atoms with van der Waals surface area (Å²) in [6.07, 6.45) is 2.68. The molecule has 5 heteroatoms. The van der Waals surface area contributed by atoms with Gasteiger partial charge in [0.2, 0.25) is 0 Å². The molecule has 1 aromatic rings. The summed E-state index contributed by atoms with van der Waals surface area (Å²) < 4.78 is 4.13. The Hall–Kier alpha value is -0.420. The van der Waals surface area contributed by atoms with E-state index >= 15 is 0 Å². The molecule has 1 aliphatic rings. The van der Waals surface area contributed by atoms with Crippen LogP contribution in [-0.2, 0) is 0 Å². The Morgan fingerprint density at radius 2 is 2.20 bits per heavy atom. The lowest BCUT2D eigenvalue weighted by atomic mass is 10.0. The molecule has 1 aliphatic heterocycles. The van der Waals surface area contributed by atoms with Crippen LogP contribution in [0.15, 0.2) is 0 Å². The van der Waals surface area contributed by atoms with E-state index in [0.717, 1.165) is 23.0 Å². The number of nitrogens with zero attached hydrogens (tertiary/aromatic N) is 1. The lowest BCUT2D eigenvalue weighted by molar-refractivity contribution is 0.516. The molecule has 0 atom stereocenters. The van der Waals surface area contributed by atoms with E-state index in [1.165, 1.54) is 35.9 Å². The molecule has 0 bridgehead atoms. The summed E-state index contributed by atoms with van der Waals surface area (Å²) in [7, 11) is 0. The standard InChI is InChI=1S/C10H17N3S2/c1-7-9(11)13-15-10(7)12-6-8-2-4-14-5-3-8/h8,12H,2-6H2,1H3,(H2,11,13). The van der Waals surface area contributed by atoms with E-state index in [-0.39, 0.29) is 0 Å². The summed E-state index contributed by atoms with van der Waals surface area (Å²) in [5.74, 6) is 4.13. The fourth-order valence-electron chi connectivity index (χ4n) is 1.70. The van der Waals surface area contributed by atoms with Gasteiger partial charge in [-0.25, -0.2) is 0 Å². The minimum absolute atomic E-state index is 0.668. The van der Waals surface area contributed by atoms with Crippen LogP contribution in [0.4, 0.5) is 10.8 Å². The van der Waals surface area contributed by atoms with Crippen LogP contribution < -0.4 is 11.1 Å². The van der Waals surface area contributed by atoms with Crippen LogP contribution in [0.3, 0.4) is 0 Å². The zero-order chi connectivity index (χ0) is 10.7. The predicted octanol–water partition coefficient (Wildman–Crippen LogP) is 2.59. The topological polar surface area (TPSA) is 50.9 Å². The summed E-state index contributed by atoms with van der Waals surface area (Å²) in [5, 5.41) is 4.61. The number of nitrogens with two attached hydrogens (primary N) is 1. The molecule has 1 aromatic heterocycles. The van der Waals surface area contributed by atoms with Crippen molar-refractivity contribution < 1.29 is 0 Å². The van der Waals surface area contributed by atoms with Crippen LogP contribution in [0.25, 0.3) is 0 Å².